The van der Waals surface area contributed by atoms with Crippen LogP contribution in [0.5, 0.6) is 0 Å². The monoisotopic (exact) mass is 284 g/mol. The van der Waals surface area contributed by atoms with E-state index in [1.165, 1.54) is 0 Å². The Bertz CT molecular complexity index is 413. The van der Waals surface area contributed by atoms with Gasteiger partial charge in [-0.1, -0.05) is 37.6 Å². The number of anilines is 1. The van der Waals surface area contributed by atoms with Gasteiger partial charge in [0.1, 0.15) is 0 Å². The van der Waals surface area contributed by atoms with Gasteiger partial charge in [0.15, 0.2) is 0 Å². The van der Waals surface area contributed by atoms with Crippen molar-refractivity contribution in [3.63, 3.8) is 0 Å². The molecule has 0 aliphatic rings. The third-order valence-corrected chi connectivity index (χ3v) is 3.08. The van der Waals surface area contributed by atoms with E-state index in [-0.39, 0.29) is 0 Å². The first-order chi connectivity index (χ1) is 8.70. The smallest absolute Gasteiger partial charge is 0.0765 e. The van der Waals surface area contributed by atoms with E-state index >= 15 is 0 Å². The van der Waals surface area contributed by atoms with E-state index in [2.05, 4.69) is 25.2 Å². The van der Waals surface area contributed by atoms with Crippen LogP contribution in [-0.2, 0) is 6.54 Å². The number of rotatable bonds is 6. The van der Waals surface area contributed by atoms with Crippen LogP contribution in [-0.4, -0.2) is 30.3 Å². The number of para-hydroxylation sites is 1. The summed E-state index contributed by atoms with van der Waals surface area (Å²) >= 11 is 6.32. The topological polar surface area (TPSA) is 35.5 Å². The Hall–Kier alpha value is -0.770. The molecule has 0 aliphatic heterocycles. The summed E-state index contributed by atoms with van der Waals surface area (Å²) in [4.78, 5) is 2.01. The van der Waals surface area contributed by atoms with Crippen LogP contribution in [0, 0.1) is 0 Å². The number of hydrogen-bond acceptors (Lipinski definition) is 3. The van der Waals surface area contributed by atoms with E-state index in [4.69, 9.17) is 11.6 Å². The summed E-state index contributed by atoms with van der Waals surface area (Å²) in [6.07, 6.45) is 0. The summed E-state index contributed by atoms with van der Waals surface area (Å²) in [6, 6.07) is 6.33. The van der Waals surface area contributed by atoms with Gasteiger partial charge in [-0.15, -0.1) is 0 Å². The lowest BCUT2D eigenvalue weighted by molar-refractivity contribution is 0.0886. The summed E-state index contributed by atoms with van der Waals surface area (Å²) in [7, 11) is 1.96. The number of nitrogens with one attached hydrogen (secondary N) is 1. The molecule has 0 aromatic heterocycles. The Morgan fingerprint density at radius 1 is 1.37 bits per heavy atom. The maximum atomic E-state index is 9.95. The Kier molecular flexibility index (Phi) is 5.65. The van der Waals surface area contributed by atoms with Crippen molar-refractivity contribution in [3.8, 4) is 0 Å². The van der Waals surface area contributed by atoms with Gasteiger partial charge in [0.25, 0.3) is 0 Å². The maximum absolute atomic E-state index is 9.95. The average molecular weight is 285 g/mol. The molecular formula is C15H25ClN2O. The van der Waals surface area contributed by atoms with E-state index in [1.807, 2.05) is 24.1 Å². The highest BCUT2D eigenvalue weighted by Gasteiger charge is 2.19. The van der Waals surface area contributed by atoms with Gasteiger partial charge in [-0.25, -0.2) is 0 Å². The van der Waals surface area contributed by atoms with Crippen molar-refractivity contribution in [3.05, 3.63) is 28.8 Å². The zero-order valence-corrected chi connectivity index (χ0v) is 13.3. The van der Waals surface area contributed by atoms with Crippen molar-refractivity contribution in [2.24, 2.45) is 0 Å². The van der Waals surface area contributed by atoms with Crippen LogP contribution in [0.2, 0.25) is 5.02 Å². The third-order valence-electron chi connectivity index (χ3n) is 2.78. The second-order valence-electron chi connectivity index (χ2n) is 5.95. The van der Waals surface area contributed by atoms with Gasteiger partial charge in [-0.2, -0.15) is 0 Å². The summed E-state index contributed by atoms with van der Waals surface area (Å²) < 4.78 is 0. The number of benzene rings is 1. The molecule has 2 N–H and O–H groups in total. The summed E-state index contributed by atoms with van der Waals surface area (Å²) in [5.41, 5.74) is 1.38. The van der Waals surface area contributed by atoms with Crippen molar-refractivity contribution >= 4 is 17.3 Å². The number of halogens is 1. The number of aliphatic hydroxyl groups is 1. The van der Waals surface area contributed by atoms with Crippen molar-refractivity contribution in [1.82, 2.24) is 5.32 Å². The highest BCUT2D eigenvalue weighted by atomic mass is 35.5. The predicted molar refractivity (Wildman–Crippen MR) is 83.0 cm³/mol. The zero-order valence-electron chi connectivity index (χ0n) is 12.5. The van der Waals surface area contributed by atoms with Crippen LogP contribution >= 0.6 is 11.6 Å². The molecule has 108 valence electrons. The summed E-state index contributed by atoms with van der Waals surface area (Å²) in [5, 5.41) is 14.1. The molecule has 0 aliphatic carbocycles. The van der Waals surface area contributed by atoms with Crippen LogP contribution in [0.15, 0.2) is 18.2 Å². The first kappa shape index (κ1) is 16.3. The highest BCUT2D eigenvalue weighted by Crippen LogP contribution is 2.30. The van der Waals surface area contributed by atoms with Gasteiger partial charge in [0.2, 0.25) is 0 Å². The van der Waals surface area contributed by atoms with Crippen molar-refractivity contribution in [2.75, 3.05) is 18.5 Å². The minimum atomic E-state index is -0.753. The number of likely N-dealkylation sites (N-methyl/N-ethyl adjacent to an activating group) is 1. The molecule has 0 heterocycles. The minimum Gasteiger partial charge on any atom is -0.389 e. The Morgan fingerprint density at radius 2 is 2.00 bits per heavy atom. The first-order valence-electron chi connectivity index (χ1n) is 6.65. The lowest BCUT2D eigenvalue weighted by Crippen LogP contribution is -2.37. The molecule has 1 rings (SSSR count). The second kappa shape index (κ2) is 6.60. The molecule has 0 saturated heterocycles. The van der Waals surface area contributed by atoms with Gasteiger partial charge in [-0.3, -0.25) is 0 Å². The molecule has 0 spiro atoms. The van der Waals surface area contributed by atoms with E-state index in [1.54, 1.807) is 13.8 Å². The predicted octanol–water partition coefficient (Wildman–Crippen LogP) is 3.05. The first-order valence-corrected chi connectivity index (χ1v) is 7.03. The molecule has 4 heteroatoms. The molecule has 1 aromatic rings. The molecule has 1 aromatic carbocycles. The quantitative estimate of drug-likeness (QED) is 0.843. The molecule has 0 amide bonds. The SMILES string of the molecule is CC(C)NCc1cccc(Cl)c1N(C)CC(C)(C)O. The van der Waals surface area contributed by atoms with Gasteiger partial charge in [-0.05, 0) is 25.5 Å². The van der Waals surface area contributed by atoms with Crippen LogP contribution in [0.4, 0.5) is 5.69 Å². The normalized spacial score (nSPS) is 12.0. The molecule has 3 nitrogen and oxygen atoms in total. The number of nitrogens with zero attached hydrogens (tertiary/aromatic N) is 1. The van der Waals surface area contributed by atoms with E-state index in [0.717, 1.165) is 22.8 Å². The van der Waals surface area contributed by atoms with Crippen LogP contribution in [0.1, 0.15) is 33.3 Å². The zero-order chi connectivity index (χ0) is 14.6. The highest BCUT2D eigenvalue weighted by molar-refractivity contribution is 6.33. The van der Waals surface area contributed by atoms with E-state index in [9.17, 15) is 5.11 Å². The summed E-state index contributed by atoms with van der Waals surface area (Å²) in [5.74, 6) is 0. The van der Waals surface area contributed by atoms with E-state index < -0.39 is 5.60 Å². The fourth-order valence-electron chi connectivity index (χ4n) is 2.10. The maximum Gasteiger partial charge on any atom is 0.0765 e. The van der Waals surface area contributed by atoms with Crippen LogP contribution in [0.3, 0.4) is 0 Å². The lowest BCUT2D eigenvalue weighted by atomic mass is 10.1. The molecule has 0 atom stereocenters. The summed E-state index contributed by atoms with van der Waals surface area (Å²) in [6.45, 7) is 9.13. The lowest BCUT2D eigenvalue weighted by Gasteiger charge is -2.30. The molecule has 0 bridgehead atoms. The molecule has 0 radical (unpaired) electrons. The van der Waals surface area contributed by atoms with Crippen molar-refractivity contribution in [2.45, 2.75) is 45.9 Å². The van der Waals surface area contributed by atoms with Crippen molar-refractivity contribution < 1.29 is 5.11 Å². The fourth-order valence-corrected chi connectivity index (χ4v) is 2.44. The Labute approximate surface area is 121 Å². The Morgan fingerprint density at radius 3 is 2.53 bits per heavy atom. The standard InChI is InChI=1S/C15H25ClN2O/c1-11(2)17-9-12-7-6-8-13(16)14(12)18(5)10-15(3,4)19/h6-8,11,17,19H,9-10H2,1-5H3. The molecular weight excluding hydrogens is 260 g/mol. The number of hydrogen-bond donors (Lipinski definition) is 2. The van der Waals surface area contributed by atoms with Gasteiger partial charge in [0.05, 0.1) is 16.3 Å². The van der Waals surface area contributed by atoms with Gasteiger partial charge >= 0.3 is 0 Å². The third kappa shape index (κ3) is 5.39. The van der Waals surface area contributed by atoms with Gasteiger partial charge < -0.3 is 15.3 Å². The van der Waals surface area contributed by atoms with Crippen LogP contribution in [0.25, 0.3) is 0 Å². The second-order valence-corrected chi connectivity index (χ2v) is 6.36. The Balaban J connectivity index is 2.97. The fraction of sp³-hybridized carbons (Fsp3) is 0.600. The molecule has 0 saturated carbocycles. The molecule has 0 fully saturated rings. The van der Waals surface area contributed by atoms with E-state index in [0.29, 0.717) is 12.6 Å². The van der Waals surface area contributed by atoms with Crippen LogP contribution < -0.4 is 10.2 Å². The minimum absolute atomic E-state index is 0.423. The van der Waals surface area contributed by atoms with Gasteiger partial charge in [0, 0.05) is 26.2 Å². The van der Waals surface area contributed by atoms with Crippen molar-refractivity contribution in [1.29, 1.82) is 0 Å². The molecule has 0 unspecified atom stereocenters. The molecule has 19 heavy (non-hydrogen) atoms. The average Bonchev–Trinajstić information content (AvgIpc) is 2.23. The largest absolute Gasteiger partial charge is 0.389 e.